The van der Waals surface area contributed by atoms with Crippen molar-refractivity contribution in [3.8, 4) is 5.75 Å². The number of amides is 2. The number of piperazine rings is 1. The zero-order valence-electron chi connectivity index (χ0n) is 15.3. The van der Waals surface area contributed by atoms with Crippen molar-refractivity contribution in [2.75, 3.05) is 26.2 Å². The second-order valence-corrected chi connectivity index (χ2v) is 6.88. The predicted molar refractivity (Wildman–Crippen MR) is 102 cm³/mol. The van der Waals surface area contributed by atoms with Crippen molar-refractivity contribution in [3.05, 3.63) is 64.7 Å². The third-order valence-corrected chi connectivity index (χ3v) is 4.88. The maximum Gasteiger partial charge on any atom is 0.387 e. The summed E-state index contributed by atoms with van der Waals surface area (Å²) in [7, 11) is 0. The van der Waals surface area contributed by atoms with E-state index in [1.165, 1.54) is 28.0 Å². The van der Waals surface area contributed by atoms with Crippen molar-refractivity contribution < 1.29 is 28.2 Å². The van der Waals surface area contributed by atoms with E-state index in [1.54, 1.807) is 30.3 Å². The van der Waals surface area contributed by atoms with Crippen LogP contribution in [0.5, 0.6) is 5.75 Å². The van der Waals surface area contributed by atoms with Gasteiger partial charge >= 0.3 is 6.61 Å². The molecular weight excluding hydrogens is 406 g/mol. The monoisotopic (exact) mass is 424 g/mol. The minimum Gasteiger partial charge on any atom is -0.434 e. The van der Waals surface area contributed by atoms with Gasteiger partial charge in [0.15, 0.2) is 6.10 Å². The van der Waals surface area contributed by atoms with Gasteiger partial charge in [-0.25, -0.2) is 0 Å². The maximum absolute atomic E-state index is 12.7. The molecule has 1 saturated heterocycles. The first-order valence-electron chi connectivity index (χ1n) is 8.92. The number of rotatable bonds is 5. The molecular formula is C20H19ClF2N2O4. The average Bonchev–Trinajstić information content (AvgIpc) is 2.73. The Balaban J connectivity index is 1.62. The molecule has 1 fully saturated rings. The summed E-state index contributed by atoms with van der Waals surface area (Å²) in [5.41, 5.74) is 0.463. The molecule has 2 aromatic rings. The molecule has 1 heterocycles. The van der Waals surface area contributed by atoms with E-state index in [2.05, 4.69) is 4.74 Å². The SMILES string of the molecule is O=C(c1ccccc1OC(F)F)N1CCN(C(=O)C(O)c2ccc(Cl)cc2)CC1. The normalized spacial score (nSPS) is 15.3. The molecule has 29 heavy (non-hydrogen) atoms. The van der Waals surface area contributed by atoms with Crippen molar-refractivity contribution in [1.82, 2.24) is 9.80 Å². The molecule has 2 aromatic carbocycles. The highest BCUT2D eigenvalue weighted by atomic mass is 35.5. The predicted octanol–water partition coefficient (Wildman–Crippen LogP) is 2.96. The number of ether oxygens (including phenoxy) is 1. The van der Waals surface area contributed by atoms with E-state index in [0.29, 0.717) is 10.6 Å². The van der Waals surface area contributed by atoms with Crippen LogP contribution in [0.15, 0.2) is 48.5 Å². The van der Waals surface area contributed by atoms with Gasteiger partial charge in [0.05, 0.1) is 5.56 Å². The van der Waals surface area contributed by atoms with Gasteiger partial charge in [0.2, 0.25) is 0 Å². The van der Waals surface area contributed by atoms with E-state index in [-0.39, 0.29) is 37.5 Å². The molecule has 0 spiro atoms. The summed E-state index contributed by atoms with van der Waals surface area (Å²) in [5, 5.41) is 10.8. The Kier molecular flexibility index (Phi) is 6.66. The van der Waals surface area contributed by atoms with Crippen LogP contribution in [0.1, 0.15) is 22.0 Å². The zero-order chi connectivity index (χ0) is 21.0. The molecule has 1 aliphatic heterocycles. The van der Waals surface area contributed by atoms with Gasteiger partial charge in [-0.3, -0.25) is 9.59 Å². The summed E-state index contributed by atoms with van der Waals surface area (Å²) >= 11 is 5.81. The first kappa shape index (κ1) is 21.0. The number of aliphatic hydroxyl groups excluding tert-OH is 1. The number of alkyl halides is 2. The maximum atomic E-state index is 12.7. The highest BCUT2D eigenvalue weighted by Gasteiger charge is 2.30. The Morgan fingerprint density at radius 1 is 0.966 bits per heavy atom. The second kappa shape index (κ2) is 9.19. The fourth-order valence-corrected chi connectivity index (χ4v) is 3.23. The molecule has 1 N–H and O–H groups in total. The fourth-order valence-electron chi connectivity index (χ4n) is 3.10. The van der Waals surface area contributed by atoms with Gasteiger partial charge < -0.3 is 19.6 Å². The van der Waals surface area contributed by atoms with Crippen LogP contribution in [0, 0.1) is 0 Å². The van der Waals surface area contributed by atoms with Gasteiger partial charge in [-0.2, -0.15) is 8.78 Å². The molecule has 3 rings (SSSR count). The summed E-state index contributed by atoms with van der Waals surface area (Å²) in [5.74, 6) is -1.11. The Morgan fingerprint density at radius 2 is 1.55 bits per heavy atom. The van der Waals surface area contributed by atoms with Crippen molar-refractivity contribution >= 4 is 23.4 Å². The van der Waals surface area contributed by atoms with Crippen LogP contribution in [-0.2, 0) is 4.79 Å². The van der Waals surface area contributed by atoms with Crippen molar-refractivity contribution in [1.29, 1.82) is 0 Å². The molecule has 6 nitrogen and oxygen atoms in total. The molecule has 9 heteroatoms. The lowest BCUT2D eigenvalue weighted by molar-refractivity contribution is -0.142. The van der Waals surface area contributed by atoms with Crippen molar-refractivity contribution in [2.24, 2.45) is 0 Å². The number of nitrogens with zero attached hydrogens (tertiary/aromatic N) is 2. The number of halogens is 3. The van der Waals surface area contributed by atoms with Gasteiger partial charge in [-0.1, -0.05) is 35.9 Å². The standard InChI is InChI=1S/C20H19ClF2N2O4/c21-14-7-5-13(6-8-14)17(26)19(28)25-11-9-24(10-12-25)18(27)15-3-1-2-4-16(15)29-20(22)23/h1-8,17,20,26H,9-12H2. The number of aliphatic hydroxyl groups is 1. The highest BCUT2D eigenvalue weighted by molar-refractivity contribution is 6.30. The third kappa shape index (κ3) is 5.02. The van der Waals surface area contributed by atoms with E-state index >= 15 is 0 Å². The Hall–Kier alpha value is -2.71. The van der Waals surface area contributed by atoms with Gasteiger partial charge in [-0.15, -0.1) is 0 Å². The lowest BCUT2D eigenvalue weighted by atomic mass is 10.1. The number of benzene rings is 2. The van der Waals surface area contributed by atoms with Crippen LogP contribution < -0.4 is 4.74 Å². The minimum absolute atomic E-state index is 0.0359. The molecule has 0 radical (unpaired) electrons. The number of carbonyl (C=O) groups excluding carboxylic acids is 2. The molecule has 0 aromatic heterocycles. The molecule has 0 saturated carbocycles. The second-order valence-electron chi connectivity index (χ2n) is 6.45. The number of hydrogen-bond donors (Lipinski definition) is 1. The summed E-state index contributed by atoms with van der Waals surface area (Å²) < 4.78 is 29.5. The molecule has 154 valence electrons. The quantitative estimate of drug-likeness (QED) is 0.801. The highest BCUT2D eigenvalue weighted by Crippen LogP contribution is 2.23. The van der Waals surface area contributed by atoms with E-state index in [9.17, 15) is 23.5 Å². The molecule has 0 bridgehead atoms. The Labute approximate surface area is 171 Å². The van der Waals surface area contributed by atoms with Gasteiger partial charge in [0.25, 0.3) is 11.8 Å². The fraction of sp³-hybridized carbons (Fsp3) is 0.300. The van der Waals surface area contributed by atoms with Crippen LogP contribution in [0.3, 0.4) is 0 Å². The molecule has 0 aliphatic carbocycles. The smallest absolute Gasteiger partial charge is 0.387 e. The number of hydrogen-bond acceptors (Lipinski definition) is 4. The molecule has 2 amide bonds. The topological polar surface area (TPSA) is 70.1 Å². The van der Waals surface area contributed by atoms with Crippen LogP contribution >= 0.6 is 11.6 Å². The van der Waals surface area contributed by atoms with Crippen LogP contribution in [0.25, 0.3) is 0 Å². The van der Waals surface area contributed by atoms with Crippen molar-refractivity contribution in [3.63, 3.8) is 0 Å². The first-order chi connectivity index (χ1) is 13.9. The summed E-state index contributed by atoms with van der Waals surface area (Å²) in [6, 6.07) is 12.1. The van der Waals surface area contributed by atoms with E-state index in [0.717, 1.165) is 0 Å². The minimum atomic E-state index is -3.03. The summed E-state index contributed by atoms with van der Waals surface area (Å²) in [4.78, 5) is 28.2. The lowest BCUT2D eigenvalue weighted by Gasteiger charge is -2.36. The number of carbonyl (C=O) groups is 2. The zero-order valence-corrected chi connectivity index (χ0v) is 16.1. The van der Waals surface area contributed by atoms with Gasteiger partial charge in [0, 0.05) is 31.2 Å². The largest absolute Gasteiger partial charge is 0.434 e. The average molecular weight is 425 g/mol. The van der Waals surface area contributed by atoms with E-state index in [4.69, 9.17) is 11.6 Å². The molecule has 1 atom stereocenters. The van der Waals surface area contributed by atoms with Crippen molar-refractivity contribution in [2.45, 2.75) is 12.7 Å². The Morgan fingerprint density at radius 3 is 2.17 bits per heavy atom. The Bertz CT molecular complexity index is 871. The van der Waals surface area contributed by atoms with Crippen LogP contribution in [0.2, 0.25) is 5.02 Å². The van der Waals surface area contributed by atoms with Gasteiger partial charge in [0.1, 0.15) is 5.75 Å². The first-order valence-corrected chi connectivity index (χ1v) is 9.30. The summed E-state index contributed by atoms with van der Waals surface area (Å²) in [6.07, 6.45) is -1.32. The summed E-state index contributed by atoms with van der Waals surface area (Å²) in [6.45, 7) is -2.19. The van der Waals surface area contributed by atoms with E-state index in [1.807, 2.05) is 0 Å². The lowest BCUT2D eigenvalue weighted by Crippen LogP contribution is -2.51. The van der Waals surface area contributed by atoms with E-state index < -0.39 is 24.5 Å². The van der Waals surface area contributed by atoms with Crippen LogP contribution in [-0.4, -0.2) is 59.5 Å². The molecule has 1 aliphatic rings. The molecule has 1 unspecified atom stereocenters. The van der Waals surface area contributed by atoms with Gasteiger partial charge in [-0.05, 0) is 29.8 Å². The number of para-hydroxylation sites is 1. The van der Waals surface area contributed by atoms with Crippen LogP contribution in [0.4, 0.5) is 8.78 Å². The third-order valence-electron chi connectivity index (χ3n) is 4.63.